The largest absolute Gasteiger partial charge is 0.496 e. The summed E-state index contributed by atoms with van der Waals surface area (Å²) in [4.78, 5) is 13.3. The Morgan fingerprint density at radius 2 is 1.86 bits per heavy atom. The lowest BCUT2D eigenvalue weighted by atomic mass is 10.2. The number of fused-ring (bicyclic) bond motifs is 1. The molecule has 0 amide bonds. The van der Waals surface area contributed by atoms with Crippen LogP contribution in [0.5, 0.6) is 5.75 Å². The number of nitrogens with zero attached hydrogens (tertiary/aromatic N) is 3. The first-order valence-corrected chi connectivity index (χ1v) is 7.26. The Kier molecular flexibility index (Phi) is 5.25. The summed E-state index contributed by atoms with van der Waals surface area (Å²) >= 11 is 0. The van der Waals surface area contributed by atoms with Gasteiger partial charge < -0.3 is 10.1 Å². The van der Waals surface area contributed by atoms with Crippen LogP contribution in [0.25, 0.3) is 22.3 Å². The van der Waals surface area contributed by atoms with E-state index in [-0.39, 0.29) is 0 Å². The highest BCUT2D eigenvalue weighted by molar-refractivity contribution is 5.95. The maximum absolute atomic E-state index is 5.38. The lowest BCUT2D eigenvalue weighted by Gasteiger charge is -2.11. The van der Waals surface area contributed by atoms with Gasteiger partial charge in [-0.25, -0.2) is 9.97 Å². The zero-order valence-corrected chi connectivity index (χ0v) is 13.3. The summed E-state index contributed by atoms with van der Waals surface area (Å²) in [7, 11) is 3.48. The minimum absolute atomic E-state index is 0.642. The van der Waals surface area contributed by atoms with Crippen molar-refractivity contribution in [2.45, 2.75) is 13.8 Å². The standard InChI is InChI=1S/C15H14N4O.C2H6/c1-16-15-13-11(6-3-7-12(13)20-2)18-14(19-15)10-5-4-8-17-9-10;1-2/h3-9H,1-2H3,(H,16,18,19);1-2H3. The van der Waals surface area contributed by atoms with Crippen molar-refractivity contribution < 1.29 is 4.74 Å². The van der Waals surface area contributed by atoms with E-state index in [1.165, 1.54) is 0 Å². The zero-order chi connectivity index (χ0) is 15.9. The van der Waals surface area contributed by atoms with E-state index in [9.17, 15) is 0 Å². The molecule has 0 fully saturated rings. The van der Waals surface area contributed by atoms with Gasteiger partial charge >= 0.3 is 0 Å². The van der Waals surface area contributed by atoms with Crippen molar-refractivity contribution >= 4 is 16.7 Å². The third-order valence-electron chi connectivity index (χ3n) is 3.06. The molecule has 3 aromatic rings. The minimum atomic E-state index is 0.642. The van der Waals surface area contributed by atoms with Gasteiger partial charge in [0.15, 0.2) is 5.82 Å². The van der Waals surface area contributed by atoms with Crippen molar-refractivity contribution in [2.24, 2.45) is 0 Å². The molecule has 0 radical (unpaired) electrons. The molecular formula is C17H20N4O. The van der Waals surface area contributed by atoms with E-state index >= 15 is 0 Å². The Bertz CT molecular complexity index is 744. The van der Waals surface area contributed by atoms with Gasteiger partial charge in [0.25, 0.3) is 0 Å². The van der Waals surface area contributed by atoms with Gasteiger partial charge in [-0.2, -0.15) is 0 Å². The Labute approximate surface area is 130 Å². The number of hydrogen-bond acceptors (Lipinski definition) is 5. The molecular weight excluding hydrogens is 276 g/mol. The summed E-state index contributed by atoms with van der Waals surface area (Å²) in [5.74, 6) is 2.14. The first-order chi connectivity index (χ1) is 10.8. The fourth-order valence-corrected chi connectivity index (χ4v) is 2.13. The zero-order valence-electron chi connectivity index (χ0n) is 13.3. The molecule has 0 saturated carbocycles. The van der Waals surface area contributed by atoms with E-state index in [1.54, 1.807) is 19.5 Å². The van der Waals surface area contributed by atoms with Gasteiger partial charge in [0.2, 0.25) is 0 Å². The van der Waals surface area contributed by atoms with Gasteiger partial charge in [-0.15, -0.1) is 0 Å². The lowest BCUT2D eigenvalue weighted by Crippen LogP contribution is -2.00. The number of methoxy groups -OCH3 is 1. The summed E-state index contributed by atoms with van der Waals surface area (Å²) in [6.07, 6.45) is 3.48. The number of benzene rings is 1. The second kappa shape index (κ2) is 7.36. The van der Waals surface area contributed by atoms with Gasteiger partial charge in [-0.05, 0) is 24.3 Å². The van der Waals surface area contributed by atoms with Crippen molar-refractivity contribution in [3.63, 3.8) is 0 Å². The van der Waals surface area contributed by atoms with Gasteiger partial charge in [0, 0.05) is 25.0 Å². The topological polar surface area (TPSA) is 59.9 Å². The predicted octanol–water partition coefficient (Wildman–Crippen LogP) is 3.77. The molecule has 0 spiro atoms. The van der Waals surface area contributed by atoms with Gasteiger partial charge in [0.1, 0.15) is 11.6 Å². The lowest BCUT2D eigenvalue weighted by molar-refractivity contribution is 0.420. The Balaban J connectivity index is 0.000000847. The number of rotatable bonds is 3. The molecule has 0 saturated heterocycles. The van der Waals surface area contributed by atoms with E-state index in [0.717, 1.165) is 28.0 Å². The second-order valence-corrected chi connectivity index (χ2v) is 4.24. The van der Waals surface area contributed by atoms with Crippen LogP contribution >= 0.6 is 0 Å². The first kappa shape index (κ1) is 15.7. The van der Waals surface area contributed by atoms with Crippen molar-refractivity contribution in [2.75, 3.05) is 19.5 Å². The molecule has 0 unspecified atom stereocenters. The third-order valence-corrected chi connectivity index (χ3v) is 3.06. The van der Waals surface area contributed by atoms with E-state index in [2.05, 4.69) is 20.3 Å². The van der Waals surface area contributed by atoms with Crippen molar-refractivity contribution in [3.05, 3.63) is 42.7 Å². The molecule has 3 rings (SSSR count). The van der Waals surface area contributed by atoms with Crippen LogP contribution in [0.3, 0.4) is 0 Å². The average Bonchev–Trinajstić information content (AvgIpc) is 2.62. The number of pyridine rings is 1. The molecule has 0 aliphatic heterocycles. The van der Waals surface area contributed by atoms with Crippen molar-refractivity contribution in [3.8, 4) is 17.1 Å². The number of hydrogen-bond donors (Lipinski definition) is 1. The highest BCUT2D eigenvalue weighted by Crippen LogP contribution is 2.31. The van der Waals surface area contributed by atoms with Crippen molar-refractivity contribution in [1.82, 2.24) is 15.0 Å². The number of ether oxygens (including phenoxy) is 1. The molecule has 1 N–H and O–H groups in total. The SMILES string of the molecule is CC.CNc1nc(-c2cccnc2)nc2cccc(OC)c12. The molecule has 5 heteroatoms. The summed E-state index contributed by atoms with van der Waals surface area (Å²) < 4.78 is 5.38. The molecule has 22 heavy (non-hydrogen) atoms. The fourth-order valence-electron chi connectivity index (χ4n) is 2.13. The highest BCUT2D eigenvalue weighted by atomic mass is 16.5. The summed E-state index contributed by atoms with van der Waals surface area (Å²) in [6.45, 7) is 4.00. The minimum Gasteiger partial charge on any atom is -0.496 e. The Morgan fingerprint density at radius 3 is 2.50 bits per heavy atom. The third kappa shape index (κ3) is 2.98. The van der Waals surface area contributed by atoms with Crippen molar-refractivity contribution in [1.29, 1.82) is 0 Å². The number of anilines is 1. The molecule has 0 aliphatic carbocycles. The van der Waals surface area contributed by atoms with Crippen LogP contribution in [-0.2, 0) is 0 Å². The molecule has 0 aliphatic rings. The molecule has 2 heterocycles. The van der Waals surface area contributed by atoms with Crippen LogP contribution in [0.2, 0.25) is 0 Å². The number of aromatic nitrogens is 3. The van der Waals surface area contributed by atoms with E-state index < -0.39 is 0 Å². The summed E-state index contributed by atoms with van der Waals surface area (Å²) in [5.41, 5.74) is 1.72. The van der Waals surface area contributed by atoms with E-state index in [1.807, 2.05) is 51.2 Å². The van der Waals surface area contributed by atoms with Crippen LogP contribution < -0.4 is 10.1 Å². The first-order valence-electron chi connectivity index (χ1n) is 7.26. The van der Waals surface area contributed by atoms with Crippen LogP contribution in [0.4, 0.5) is 5.82 Å². The quantitative estimate of drug-likeness (QED) is 0.797. The normalized spacial score (nSPS) is 9.82. The molecule has 0 atom stereocenters. The monoisotopic (exact) mass is 296 g/mol. The maximum atomic E-state index is 5.38. The molecule has 114 valence electrons. The van der Waals surface area contributed by atoms with E-state index in [0.29, 0.717) is 5.82 Å². The summed E-state index contributed by atoms with van der Waals surface area (Å²) in [6, 6.07) is 9.57. The smallest absolute Gasteiger partial charge is 0.163 e. The predicted molar refractivity (Wildman–Crippen MR) is 90.2 cm³/mol. The molecule has 0 bridgehead atoms. The highest BCUT2D eigenvalue weighted by Gasteiger charge is 2.12. The average molecular weight is 296 g/mol. The maximum Gasteiger partial charge on any atom is 0.163 e. The van der Waals surface area contributed by atoms with Crippen LogP contribution in [0, 0.1) is 0 Å². The fraction of sp³-hybridized carbons (Fsp3) is 0.235. The van der Waals surface area contributed by atoms with Gasteiger partial charge in [-0.1, -0.05) is 19.9 Å². The Hall–Kier alpha value is -2.69. The van der Waals surface area contributed by atoms with Gasteiger partial charge in [-0.3, -0.25) is 4.98 Å². The number of nitrogens with one attached hydrogen (secondary N) is 1. The summed E-state index contributed by atoms with van der Waals surface area (Å²) in [5, 5.41) is 3.98. The van der Waals surface area contributed by atoms with Crippen LogP contribution in [0.1, 0.15) is 13.8 Å². The second-order valence-electron chi connectivity index (χ2n) is 4.24. The Morgan fingerprint density at radius 1 is 1.05 bits per heavy atom. The molecule has 1 aromatic carbocycles. The van der Waals surface area contributed by atoms with Gasteiger partial charge in [0.05, 0.1) is 18.0 Å². The molecule has 2 aromatic heterocycles. The van der Waals surface area contributed by atoms with E-state index in [4.69, 9.17) is 4.74 Å². The molecule has 5 nitrogen and oxygen atoms in total. The van der Waals surface area contributed by atoms with Crippen LogP contribution in [-0.4, -0.2) is 29.1 Å². The van der Waals surface area contributed by atoms with Crippen LogP contribution in [0.15, 0.2) is 42.7 Å².